The Morgan fingerprint density at radius 1 is 1.23 bits per heavy atom. The number of H-pyrrole nitrogens is 1. The summed E-state index contributed by atoms with van der Waals surface area (Å²) < 4.78 is 0. The van der Waals surface area contributed by atoms with Crippen LogP contribution in [0.4, 0.5) is 5.82 Å². The molecular formula is C19H19N3O3S. The van der Waals surface area contributed by atoms with Crippen LogP contribution in [0, 0.1) is 5.92 Å². The molecule has 4 rings (SSSR count). The summed E-state index contributed by atoms with van der Waals surface area (Å²) in [5, 5.41) is 13.4. The van der Waals surface area contributed by atoms with E-state index in [1.54, 1.807) is 24.3 Å². The van der Waals surface area contributed by atoms with Crippen LogP contribution in [-0.2, 0) is 4.79 Å². The lowest BCUT2D eigenvalue weighted by molar-refractivity contribution is -0.122. The Hall–Kier alpha value is -2.54. The van der Waals surface area contributed by atoms with Crippen LogP contribution in [0.5, 0.6) is 5.75 Å². The number of hydrogen-bond donors (Lipinski definition) is 3. The van der Waals surface area contributed by atoms with Gasteiger partial charge < -0.3 is 15.4 Å². The summed E-state index contributed by atoms with van der Waals surface area (Å²) in [4.78, 5) is 33.0. The maximum absolute atomic E-state index is 12.9. The van der Waals surface area contributed by atoms with E-state index in [1.165, 1.54) is 11.8 Å². The van der Waals surface area contributed by atoms with Gasteiger partial charge in [0.1, 0.15) is 17.4 Å². The Bertz CT molecular complexity index is 949. The fraction of sp³-hybridized carbons (Fsp3) is 0.316. The van der Waals surface area contributed by atoms with E-state index >= 15 is 0 Å². The zero-order valence-corrected chi connectivity index (χ0v) is 15.1. The Morgan fingerprint density at radius 2 is 2.00 bits per heavy atom. The van der Waals surface area contributed by atoms with E-state index in [0.717, 1.165) is 17.0 Å². The van der Waals surface area contributed by atoms with Crippen molar-refractivity contribution in [3.05, 3.63) is 57.5 Å². The highest BCUT2D eigenvalue weighted by molar-refractivity contribution is 7.99. The number of phenolic OH excluding ortho intramolecular Hbond substituents is 1. The van der Waals surface area contributed by atoms with Gasteiger partial charge >= 0.3 is 0 Å². The molecule has 26 heavy (non-hydrogen) atoms. The molecule has 3 N–H and O–H groups in total. The molecule has 2 aliphatic rings. The third-order valence-corrected chi connectivity index (χ3v) is 5.57. The summed E-state index contributed by atoms with van der Waals surface area (Å²) in [7, 11) is 0. The third-order valence-electron chi connectivity index (χ3n) is 4.81. The summed E-state index contributed by atoms with van der Waals surface area (Å²) >= 11 is 1.47. The molecule has 0 fully saturated rings. The standard InChI is InChI=1S/C19H19N3O3S/c1-2-26-19-21-17-16(18(25)22-19)14(10-6-8-11(23)9-7-10)15-12(20-17)4-3-5-13(15)24/h4,6-9,14-15,23H,2-3,5H2,1H3,(H2,20,21,22,25). The number of aromatic amines is 1. The molecule has 1 aromatic heterocycles. The van der Waals surface area contributed by atoms with Gasteiger partial charge in [0.15, 0.2) is 5.16 Å². The topological polar surface area (TPSA) is 95.1 Å². The molecule has 2 aromatic rings. The van der Waals surface area contributed by atoms with Gasteiger partial charge in [-0.05, 0) is 29.9 Å². The van der Waals surface area contributed by atoms with Crippen molar-refractivity contribution in [3.8, 4) is 5.75 Å². The van der Waals surface area contributed by atoms with Crippen LogP contribution >= 0.6 is 11.8 Å². The number of nitrogens with one attached hydrogen (secondary N) is 2. The van der Waals surface area contributed by atoms with Crippen molar-refractivity contribution >= 4 is 23.4 Å². The SMILES string of the molecule is CCSc1nc2c(c(=O)[nH]1)C(c1ccc(O)cc1)C1C(=O)CCC=C1N2. The van der Waals surface area contributed by atoms with Gasteiger partial charge in [0.2, 0.25) is 0 Å². The number of aromatic nitrogens is 2. The minimum atomic E-state index is -0.423. The lowest BCUT2D eigenvalue weighted by Gasteiger charge is -2.36. The Morgan fingerprint density at radius 3 is 2.73 bits per heavy atom. The second-order valence-corrected chi connectivity index (χ2v) is 7.66. The third kappa shape index (κ3) is 2.82. The number of carbonyl (C=O) groups is 1. The number of hydrogen-bond acceptors (Lipinski definition) is 6. The molecule has 0 saturated heterocycles. The van der Waals surface area contributed by atoms with Crippen LogP contribution in [0.3, 0.4) is 0 Å². The predicted octanol–water partition coefficient (Wildman–Crippen LogP) is 3.01. The predicted molar refractivity (Wildman–Crippen MR) is 101 cm³/mol. The second-order valence-electron chi connectivity index (χ2n) is 6.40. The number of nitrogens with zero attached hydrogens (tertiary/aromatic N) is 1. The number of anilines is 1. The largest absolute Gasteiger partial charge is 0.508 e. The molecule has 0 amide bonds. The van der Waals surface area contributed by atoms with Crippen molar-refractivity contribution in [2.45, 2.75) is 30.8 Å². The molecule has 2 heterocycles. The molecule has 6 nitrogen and oxygen atoms in total. The number of fused-ring (bicyclic) bond motifs is 2. The van der Waals surface area contributed by atoms with Crippen molar-refractivity contribution in [2.24, 2.45) is 5.92 Å². The highest BCUT2D eigenvalue weighted by atomic mass is 32.2. The van der Waals surface area contributed by atoms with Gasteiger partial charge in [0.05, 0.1) is 11.5 Å². The quantitative estimate of drug-likeness (QED) is 0.569. The van der Waals surface area contributed by atoms with Crippen molar-refractivity contribution < 1.29 is 9.90 Å². The molecule has 2 unspecified atom stereocenters. The maximum Gasteiger partial charge on any atom is 0.257 e. The minimum absolute atomic E-state index is 0.116. The average molecular weight is 369 g/mol. The highest BCUT2D eigenvalue weighted by Gasteiger charge is 2.42. The van der Waals surface area contributed by atoms with Gasteiger partial charge in [-0.3, -0.25) is 9.59 Å². The molecule has 0 bridgehead atoms. The number of rotatable bonds is 3. The Labute approximate surface area is 154 Å². The number of allylic oxidation sites excluding steroid dienone is 2. The van der Waals surface area contributed by atoms with Crippen LogP contribution < -0.4 is 10.9 Å². The normalized spacial score (nSPS) is 21.4. The first-order valence-electron chi connectivity index (χ1n) is 8.64. The summed E-state index contributed by atoms with van der Waals surface area (Å²) in [5.41, 5.74) is 1.89. The molecule has 7 heteroatoms. The number of carbonyl (C=O) groups excluding carboxylic acids is 1. The number of aromatic hydroxyl groups is 1. The molecular weight excluding hydrogens is 350 g/mol. The molecule has 1 aliphatic heterocycles. The number of thioether (sulfide) groups is 1. The van der Waals surface area contributed by atoms with Crippen molar-refractivity contribution in [1.29, 1.82) is 0 Å². The van der Waals surface area contributed by atoms with Gasteiger partial charge in [0, 0.05) is 18.0 Å². The fourth-order valence-corrected chi connectivity index (χ4v) is 4.31. The monoisotopic (exact) mass is 369 g/mol. The van der Waals surface area contributed by atoms with Gasteiger partial charge in [-0.2, -0.15) is 0 Å². The van der Waals surface area contributed by atoms with Crippen LogP contribution in [0.15, 0.2) is 46.0 Å². The lowest BCUT2D eigenvalue weighted by atomic mass is 9.72. The second kappa shape index (κ2) is 6.64. The number of benzene rings is 1. The van der Waals surface area contributed by atoms with E-state index in [9.17, 15) is 14.7 Å². The molecule has 134 valence electrons. The first kappa shape index (κ1) is 16.9. The summed E-state index contributed by atoms with van der Waals surface area (Å²) in [5.74, 6) is 0.740. The molecule has 1 aliphatic carbocycles. The molecule has 0 spiro atoms. The summed E-state index contributed by atoms with van der Waals surface area (Å²) in [6.45, 7) is 2.00. The average Bonchev–Trinajstić information content (AvgIpc) is 2.61. The van der Waals surface area contributed by atoms with E-state index < -0.39 is 11.8 Å². The van der Waals surface area contributed by atoms with Crippen molar-refractivity contribution in [2.75, 3.05) is 11.1 Å². The smallest absolute Gasteiger partial charge is 0.257 e. The van der Waals surface area contributed by atoms with E-state index in [0.29, 0.717) is 29.4 Å². The fourth-order valence-electron chi connectivity index (χ4n) is 3.71. The van der Waals surface area contributed by atoms with E-state index in [2.05, 4.69) is 15.3 Å². The molecule has 0 radical (unpaired) electrons. The van der Waals surface area contributed by atoms with Crippen LogP contribution in [0.2, 0.25) is 0 Å². The van der Waals surface area contributed by atoms with Gasteiger partial charge in [0.25, 0.3) is 5.56 Å². The molecule has 0 saturated carbocycles. The van der Waals surface area contributed by atoms with E-state index in [4.69, 9.17) is 0 Å². The van der Waals surface area contributed by atoms with E-state index in [1.807, 2.05) is 13.0 Å². The highest BCUT2D eigenvalue weighted by Crippen LogP contribution is 2.45. The van der Waals surface area contributed by atoms with E-state index in [-0.39, 0.29) is 17.1 Å². The first-order chi connectivity index (χ1) is 12.6. The van der Waals surface area contributed by atoms with Crippen LogP contribution in [0.1, 0.15) is 36.8 Å². The molecule has 2 atom stereocenters. The summed E-state index contributed by atoms with van der Waals surface area (Å²) in [6, 6.07) is 6.69. The Kier molecular flexibility index (Phi) is 4.32. The van der Waals surface area contributed by atoms with Crippen LogP contribution in [-0.4, -0.2) is 26.6 Å². The van der Waals surface area contributed by atoms with Crippen molar-refractivity contribution in [1.82, 2.24) is 9.97 Å². The number of phenols is 1. The van der Waals surface area contributed by atoms with Gasteiger partial charge in [-0.1, -0.05) is 36.9 Å². The Balaban J connectivity index is 1.93. The van der Waals surface area contributed by atoms with Gasteiger partial charge in [-0.25, -0.2) is 4.98 Å². The lowest BCUT2D eigenvalue weighted by Crippen LogP contribution is -2.38. The first-order valence-corrected chi connectivity index (χ1v) is 9.62. The molecule has 1 aromatic carbocycles. The number of Topliss-reactive ketones (excluding diaryl/α,β-unsaturated/α-hetero) is 1. The summed E-state index contributed by atoms with van der Waals surface area (Å²) in [6.07, 6.45) is 3.18. The number of ketones is 1. The van der Waals surface area contributed by atoms with Crippen molar-refractivity contribution in [3.63, 3.8) is 0 Å². The zero-order valence-electron chi connectivity index (χ0n) is 14.3. The maximum atomic E-state index is 12.9. The zero-order chi connectivity index (χ0) is 18.3. The minimum Gasteiger partial charge on any atom is -0.508 e. The van der Waals surface area contributed by atoms with Gasteiger partial charge in [-0.15, -0.1) is 0 Å². The van der Waals surface area contributed by atoms with Crippen LogP contribution in [0.25, 0.3) is 0 Å².